The molecule has 1 aliphatic heterocycles. The third-order valence-corrected chi connectivity index (χ3v) is 4.79. The Hall–Kier alpha value is -2.14. The van der Waals surface area contributed by atoms with Gasteiger partial charge in [-0.3, -0.25) is 9.69 Å². The number of nitrogens with one attached hydrogen (secondary N) is 1. The molecule has 4 rings (SSSR count). The van der Waals surface area contributed by atoms with Crippen LogP contribution in [-0.2, 0) is 6.54 Å². The summed E-state index contributed by atoms with van der Waals surface area (Å²) in [6.45, 7) is 4.95. The highest BCUT2D eigenvalue weighted by Crippen LogP contribution is 2.24. The third kappa shape index (κ3) is 3.61. The van der Waals surface area contributed by atoms with Crippen LogP contribution in [-0.4, -0.2) is 31.1 Å². The fourth-order valence-corrected chi connectivity index (χ4v) is 3.31. The maximum atomic E-state index is 12.6. The lowest BCUT2D eigenvalue weighted by molar-refractivity contribution is 0.233. The van der Waals surface area contributed by atoms with Crippen LogP contribution in [0.25, 0.3) is 22.3 Å². The zero-order valence-electron chi connectivity index (χ0n) is 13.8. The van der Waals surface area contributed by atoms with Gasteiger partial charge in [-0.1, -0.05) is 17.7 Å². The predicted molar refractivity (Wildman–Crippen MR) is 101 cm³/mol. The summed E-state index contributed by atoms with van der Waals surface area (Å²) in [7, 11) is 0. The number of rotatable bonds is 3. The monoisotopic (exact) mass is 354 g/mol. The van der Waals surface area contributed by atoms with E-state index in [0.717, 1.165) is 43.9 Å². The molecule has 0 unspecified atom stereocenters. The summed E-state index contributed by atoms with van der Waals surface area (Å²) < 4.78 is 5.95. The molecule has 2 heterocycles. The van der Waals surface area contributed by atoms with Crippen LogP contribution in [0.15, 0.2) is 57.7 Å². The molecule has 25 heavy (non-hydrogen) atoms. The summed E-state index contributed by atoms with van der Waals surface area (Å²) in [6, 6.07) is 14.7. The van der Waals surface area contributed by atoms with Crippen molar-refractivity contribution in [3.63, 3.8) is 0 Å². The second kappa shape index (κ2) is 7.00. The maximum Gasteiger partial charge on any atom is 0.193 e. The summed E-state index contributed by atoms with van der Waals surface area (Å²) >= 11 is 5.92. The van der Waals surface area contributed by atoms with E-state index in [1.165, 1.54) is 0 Å². The highest BCUT2D eigenvalue weighted by Gasteiger charge is 2.12. The molecule has 1 aromatic heterocycles. The highest BCUT2D eigenvalue weighted by molar-refractivity contribution is 6.30. The van der Waals surface area contributed by atoms with Gasteiger partial charge in [0.2, 0.25) is 0 Å². The van der Waals surface area contributed by atoms with Crippen molar-refractivity contribution in [1.29, 1.82) is 0 Å². The molecule has 1 aliphatic rings. The van der Waals surface area contributed by atoms with Crippen LogP contribution in [0.2, 0.25) is 5.02 Å². The molecule has 1 fully saturated rings. The molecule has 0 saturated carbocycles. The van der Waals surface area contributed by atoms with Gasteiger partial charge in [-0.25, -0.2) is 0 Å². The molecule has 0 atom stereocenters. The normalized spacial score (nSPS) is 15.6. The van der Waals surface area contributed by atoms with Crippen molar-refractivity contribution in [3.8, 4) is 11.3 Å². The van der Waals surface area contributed by atoms with Crippen LogP contribution in [0, 0.1) is 0 Å². The Morgan fingerprint density at radius 3 is 2.56 bits per heavy atom. The first-order valence-electron chi connectivity index (χ1n) is 8.45. The van der Waals surface area contributed by atoms with E-state index < -0.39 is 0 Å². The zero-order valence-corrected chi connectivity index (χ0v) is 14.6. The van der Waals surface area contributed by atoms with Gasteiger partial charge in [0.05, 0.1) is 5.39 Å². The molecule has 128 valence electrons. The van der Waals surface area contributed by atoms with Gasteiger partial charge in [0.1, 0.15) is 11.3 Å². The fraction of sp³-hybridized carbons (Fsp3) is 0.250. The summed E-state index contributed by atoms with van der Waals surface area (Å²) in [6.07, 6.45) is 0. The second-order valence-electron chi connectivity index (χ2n) is 6.34. The zero-order chi connectivity index (χ0) is 17.2. The van der Waals surface area contributed by atoms with Gasteiger partial charge < -0.3 is 9.73 Å². The minimum atomic E-state index is -0.0200. The van der Waals surface area contributed by atoms with E-state index in [-0.39, 0.29) is 5.43 Å². The first-order valence-corrected chi connectivity index (χ1v) is 8.83. The Morgan fingerprint density at radius 1 is 1.04 bits per heavy atom. The highest BCUT2D eigenvalue weighted by atomic mass is 35.5. The molecule has 0 radical (unpaired) electrons. The SMILES string of the molecule is O=c1cc(-c2ccc(Cl)cc2)oc2ccc(CN3CCNCC3)cc12. The van der Waals surface area contributed by atoms with Crippen molar-refractivity contribution >= 4 is 22.6 Å². The average Bonchev–Trinajstić information content (AvgIpc) is 2.63. The number of fused-ring (bicyclic) bond motifs is 1. The van der Waals surface area contributed by atoms with E-state index in [1.807, 2.05) is 30.3 Å². The lowest BCUT2D eigenvalue weighted by Gasteiger charge is -2.27. The van der Waals surface area contributed by atoms with Crippen LogP contribution >= 0.6 is 11.6 Å². The number of hydrogen-bond donors (Lipinski definition) is 1. The smallest absolute Gasteiger partial charge is 0.193 e. The quantitative estimate of drug-likeness (QED) is 0.781. The molecule has 1 N–H and O–H groups in total. The fourth-order valence-electron chi connectivity index (χ4n) is 3.19. The van der Waals surface area contributed by atoms with E-state index in [0.29, 0.717) is 21.8 Å². The van der Waals surface area contributed by atoms with Gasteiger partial charge in [0.15, 0.2) is 5.43 Å². The second-order valence-corrected chi connectivity index (χ2v) is 6.77. The van der Waals surface area contributed by atoms with Crippen molar-refractivity contribution in [2.75, 3.05) is 26.2 Å². The molecule has 0 amide bonds. The first kappa shape index (κ1) is 16.3. The molecular formula is C20H19ClN2O2. The molecule has 2 aromatic carbocycles. The molecule has 4 nitrogen and oxygen atoms in total. The van der Waals surface area contributed by atoms with Crippen LogP contribution in [0.5, 0.6) is 0 Å². The lowest BCUT2D eigenvalue weighted by Crippen LogP contribution is -2.42. The minimum absolute atomic E-state index is 0.0200. The number of benzene rings is 2. The van der Waals surface area contributed by atoms with Gasteiger partial charge in [-0.05, 0) is 42.0 Å². The molecule has 0 spiro atoms. The van der Waals surface area contributed by atoms with Crippen LogP contribution in [0.1, 0.15) is 5.56 Å². The average molecular weight is 355 g/mol. The Kier molecular flexibility index (Phi) is 4.57. The van der Waals surface area contributed by atoms with E-state index in [2.05, 4.69) is 10.2 Å². The number of nitrogens with zero attached hydrogens (tertiary/aromatic N) is 1. The van der Waals surface area contributed by atoms with Crippen molar-refractivity contribution in [2.24, 2.45) is 0 Å². The standard InChI is InChI=1S/C20H19ClN2O2/c21-16-4-2-15(3-5-16)20-12-18(24)17-11-14(1-6-19(17)25-20)13-23-9-7-22-8-10-23/h1-6,11-12,22H,7-10,13H2. The van der Waals surface area contributed by atoms with Crippen molar-refractivity contribution in [3.05, 3.63) is 69.3 Å². The summed E-state index contributed by atoms with van der Waals surface area (Å²) in [5, 5.41) is 4.64. The third-order valence-electron chi connectivity index (χ3n) is 4.54. The molecular weight excluding hydrogens is 336 g/mol. The maximum absolute atomic E-state index is 12.6. The molecule has 0 bridgehead atoms. The van der Waals surface area contributed by atoms with Crippen molar-refractivity contribution in [1.82, 2.24) is 10.2 Å². The van der Waals surface area contributed by atoms with Gasteiger partial charge in [-0.2, -0.15) is 0 Å². The van der Waals surface area contributed by atoms with Gasteiger partial charge in [0, 0.05) is 49.4 Å². The van der Waals surface area contributed by atoms with Gasteiger partial charge >= 0.3 is 0 Å². The van der Waals surface area contributed by atoms with Gasteiger partial charge in [0.25, 0.3) is 0 Å². The minimum Gasteiger partial charge on any atom is -0.456 e. The predicted octanol–water partition coefficient (Wildman–Crippen LogP) is 3.52. The summed E-state index contributed by atoms with van der Waals surface area (Å²) in [5.74, 6) is 0.559. The Morgan fingerprint density at radius 2 is 1.80 bits per heavy atom. The number of halogens is 1. The lowest BCUT2D eigenvalue weighted by atomic mass is 10.1. The summed E-state index contributed by atoms with van der Waals surface area (Å²) in [5.41, 5.74) is 2.57. The van der Waals surface area contributed by atoms with E-state index in [9.17, 15) is 4.79 Å². The van der Waals surface area contributed by atoms with E-state index in [1.54, 1.807) is 18.2 Å². The molecule has 0 aliphatic carbocycles. The largest absolute Gasteiger partial charge is 0.456 e. The van der Waals surface area contributed by atoms with E-state index in [4.69, 9.17) is 16.0 Å². The van der Waals surface area contributed by atoms with Crippen molar-refractivity contribution < 1.29 is 4.42 Å². The van der Waals surface area contributed by atoms with Crippen molar-refractivity contribution in [2.45, 2.75) is 6.54 Å². The Bertz CT molecular complexity index is 944. The van der Waals surface area contributed by atoms with Crippen LogP contribution in [0.3, 0.4) is 0 Å². The Balaban J connectivity index is 1.67. The van der Waals surface area contributed by atoms with Gasteiger partial charge in [-0.15, -0.1) is 0 Å². The molecule has 1 saturated heterocycles. The molecule has 5 heteroatoms. The summed E-state index contributed by atoms with van der Waals surface area (Å²) in [4.78, 5) is 15.0. The molecule has 3 aromatic rings. The number of piperazine rings is 1. The van der Waals surface area contributed by atoms with Crippen LogP contribution in [0.4, 0.5) is 0 Å². The Labute approximate surface area is 151 Å². The van der Waals surface area contributed by atoms with Crippen LogP contribution < -0.4 is 10.7 Å². The topological polar surface area (TPSA) is 45.5 Å². The first-order chi connectivity index (χ1) is 12.2. The van der Waals surface area contributed by atoms with E-state index >= 15 is 0 Å². The number of hydrogen-bond acceptors (Lipinski definition) is 4.